The number of aromatic nitrogens is 4. The number of carbonyl (C=O) groups excluding carboxylic acids is 1. The minimum atomic E-state index is -4.58. The molecule has 1 amide bonds. The number of nitro benzene ring substituents is 1. The van der Waals surface area contributed by atoms with Gasteiger partial charge in [0.15, 0.2) is 0 Å². The smallest absolute Gasteiger partial charge is 0.293 e. The van der Waals surface area contributed by atoms with E-state index in [2.05, 4.69) is 25.3 Å². The molecule has 1 atom stereocenters. The van der Waals surface area contributed by atoms with Crippen molar-refractivity contribution in [2.45, 2.75) is 30.2 Å². The minimum absolute atomic E-state index is 0.0358. The van der Waals surface area contributed by atoms with E-state index in [1.54, 1.807) is 24.4 Å². The molecule has 1 fully saturated rings. The molecule has 1 saturated heterocycles. The molecule has 2 aliphatic rings. The molecule has 0 saturated carbocycles. The molecule has 55 heavy (non-hydrogen) atoms. The number of H-pyrrole nitrogens is 1. The zero-order chi connectivity index (χ0) is 38.1. The van der Waals surface area contributed by atoms with Gasteiger partial charge in [0.2, 0.25) is 0 Å². The molecule has 1 unspecified atom stereocenters. The van der Waals surface area contributed by atoms with Crippen molar-refractivity contribution in [2.24, 2.45) is 5.92 Å². The molecule has 0 aliphatic carbocycles. The van der Waals surface area contributed by atoms with E-state index in [9.17, 15) is 23.3 Å². The highest BCUT2D eigenvalue weighted by Gasteiger charge is 2.28. The topological polar surface area (TPSA) is 195 Å². The number of sulfonamides is 1. The van der Waals surface area contributed by atoms with Gasteiger partial charge in [-0.25, -0.2) is 22.8 Å². The van der Waals surface area contributed by atoms with Crippen LogP contribution in [0.25, 0.3) is 22.3 Å². The third-order valence-electron chi connectivity index (χ3n) is 9.76. The van der Waals surface area contributed by atoms with Crippen LogP contribution < -0.4 is 20.1 Å². The number of fused-ring (bicyclic) bond motifs is 2. The third-order valence-corrected chi connectivity index (χ3v) is 11.3. The molecule has 0 bridgehead atoms. The van der Waals surface area contributed by atoms with Crippen molar-refractivity contribution >= 4 is 55.8 Å². The van der Waals surface area contributed by atoms with Gasteiger partial charge in [-0.2, -0.15) is 5.10 Å². The van der Waals surface area contributed by atoms with E-state index in [-0.39, 0.29) is 29.0 Å². The Hall–Kier alpha value is -5.97. The lowest BCUT2D eigenvalue weighted by molar-refractivity contribution is -0.384. The second kappa shape index (κ2) is 15.0. The molecule has 3 aromatic heterocycles. The third kappa shape index (κ3) is 7.69. The number of benzene rings is 3. The number of hydrogen-bond donors (Lipinski definition) is 4. The highest BCUT2D eigenvalue weighted by molar-refractivity contribution is 7.90. The fraction of sp³-hybridized carbons (Fsp3) is 0.237. The van der Waals surface area contributed by atoms with Gasteiger partial charge in [0.05, 0.1) is 33.3 Å². The number of aromatic amines is 1. The van der Waals surface area contributed by atoms with Crippen molar-refractivity contribution < 1.29 is 27.6 Å². The highest BCUT2D eigenvalue weighted by Crippen LogP contribution is 2.36. The van der Waals surface area contributed by atoms with Crippen LogP contribution in [0.4, 0.5) is 17.2 Å². The van der Waals surface area contributed by atoms with Crippen LogP contribution in [0.2, 0.25) is 5.02 Å². The molecule has 5 heterocycles. The number of nitrogens with one attached hydrogen (secondary N) is 4. The zero-order valence-electron chi connectivity index (χ0n) is 29.2. The summed E-state index contributed by atoms with van der Waals surface area (Å²) in [5, 5.41) is 24.8. The number of nitrogens with zero attached hydrogens (tertiary/aromatic N) is 4. The normalized spacial score (nSPS) is 15.9. The fourth-order valence-corrected chi connectivity index (χ4v) is 7.95. The number of nitro groups is 1. The molecular formula is C38H35ClN8O7S. The Bertz CT molecular complexity index is 2520. The Balaban J connectivity index is 1.09. The first-order valence-electron chi connectivity index (χ1n) is 17.6. The summed E-state index contributed by atoms with van der Waals surface area (Å²) in [5.41, 5.74) is 2.52. The number of carbonyl (C=O) groups is 1. The lowest BCUT2D eigenvalue weighted by Crippen LogP contribution is -2.31. The lowest BCUT2D eigenvalue weighted by Gasteiger charge is -2.26. The molecule has 4 N–H and O–H groups in total. The lowest BCUT2D eigenvalue weighted by atomic mass is 10.0. The molecule has 2 aliphatic heterocycles. The van der Waals surface area contributed by atoms with Crippen LogP contribution >= 0.6 is 11.6 Å². The van der Waals surface area contributed by atoms with Gasteiger partial charge in [0.25, 0.3) is 21.6 Å². The average molecular weight is 783 g/mol. The fourth-order valence-electron chi connectivity index (χ4n) is 6.83. The monoisotopic (exact) mass is 782 g/mol. The maximum absolute atomic E-state index is 13.8. The first-order chi connectivity index (χ1) is 26.6. The summed E-state index contributed by atoms with van der Waals surface area (Å²) in [6, 6.07) is 21.3. The molecule has 3 aromatic carbocycles. The van der Waals surface area contributed by atoms with Crippen molar-refractivity contribution in [1.82, 2.24) is 24.5 Å². The zero-order valence-corrected chi connectivity index (χ0v) is 30.8. The SMILES string of the molecule is O=C(NS(=O)(=O)c1ccc(NCC2CCOCC2)c([N+](=O)[O-])c1)c1ccc(-c2cc3n(n2)C(c2ccc(Cl)cc2)CCN3)cc1Oc1cnc2[nH]ccc2c1. The van der Waals surface area contributed by atoms with Crippen LogP contribution in [-0.2, 0) is 14.8 Å². The van der Waals surface area contributed by atoms with E-state index < -0.39 is 31.4 Å². The van der Waals surface area contributed by atoms with Crippen molar-refractivity contribution in [3.8, 4) is 22.8 Å². The number of rotatable bonds is 11. The average Bonchev–Trinajstić information content (AvgIpc) is 3.85. The van der Waals surface area contributed by atoms with E-state index in [0.717, 1.165) is 48.6 Å². The summed E-state index contributed by atoms with van der Waals surface area (Å²) in [6.45, 7) is 2.44. The Labute approximate surface area is 320 Å². The van der Waals surface area contributed by atoms with Gasteiger partial charge in [-0.1, -0.05) is 29.8 Å². The molecule has 17 heteroatoms. The number of pyridine rings is 1. The van der Waals surface area contributed by atoms with Crippen LogP contribution in [0, 0.1) is 16.0 Å². The van der Waals surface area contributed by atoms with Crippen molar-refractivity contribution in [3.05, 3.63) is 118 Å². The van der Waals surface area contributed by atoms with E-state index in [4.69, 9.17) is 26.2 Å². The molecule has 6 aromatic rings. The van der Waals surface area contributed by atoms with E-state index >= 15 is 0 Å². The van der Waals surface area contributed by atoms with Crippen LogP contribution in [0.5, 0.6) is 11.5 Å². The number of anilines is 2. The molecule has 282 valence electrons. The van der Waals surface area contributed by atoms with Crippen LogP contribution in [0.1, 0.15) is 41.2 Å². The maximum Gasteiger partial charge on any atom is 0.293 e. The van der Waals surface area contributed by atoms with Crippen LogP contribution in [0.3, 0.4) is 0 Å². The van der Waals surface area contributed by atoms with Gasteiger partial charge in [0.1, 0.15) is 28.7 Å². The predicted octanol–water partition coefficient (Wildman–Crippen LogP) is 7.14. The summed E-state index contributed by atoms with van der Waals surface area (Å²) in [6.07, 6.45) is 5.64. The Morgan fingerprint density at radius 3 is 2.65 bits per heavy atom. The Kier molecular flexibility index (Phi) is 9.86. The van der Waals surface area contributed by atoms with Gasteiger partial charge in [-0.05, 0) is 79.3 Å². The van der Waals surface area contributed by atoms with Crippen molar-refractivity contribution in [1.29, 1.82) is 0 Å². The number of ether oxygens (including phenoxy) is 2. The van der Waals surface area contributed by atoms with E-state index in [1.165, 1.54) is 24.4 Å². The van der Waals surface area contributed by atoms with Crippen LogP contribution in [-0.4, -0.2) is 65.3 Å². The number of halogens is 1. The summed E-state index contributed by atoms with van der Waals surface area (Å²) >= 11 is 6.14. The van der Waals surface area contributed by atoms with Gasteiger partial charge in [0, 0.05) is 60.6 Å². The predicted molar refractivity (Wildman–Crippen MR) is 206 cm³/mol. The Morgan fingerprint density at radius 1 is 1.04 bits per heavy atom. The van der Waals surface area contributed by atoms with Gasteiger partial charge < -0.3 is 25.1 Å². The highest BCUT2D eigenvalue weighted by atomic mass is 35.5. The standard InChI is InChI=1S/C38H35ClN8O7S/c39-27-4-1-24(2-5-27)33-10-14-40-36-20-32(44-46(33)36)25-3-7-30(35(18-25)54-28-17-26-9-13-41-37(26)43-22-28)38(48)45-55(51,52)29-6-8-31(34(19-29)47(49)50)42-21-23-11-15-53-16-12-23/h1-9,13,17-20,22-23,33,40,42H,10-12,14-16,21H2,(H,41,43)(H,45,48). The second-order valence-corrected chi connectivity index (χ2v) is 15.5. The van der Waals surface area contributed by atoms with Gasteiger partial charge >= 0.3 is 0 Å². The number of hydrogen-bond acceptors (Lipinski definition) is 11. The van der Waals surface area contributed by atoms with E-state index in [0.29, 0.717) is 47.4 Å². The second-order valence-electron chi connectivity index (χ2n) is 13.3. The molecule has 8 rings (SSSR count). The first-order valence-corrected chi connectivity index (χ1v) is 19.5. The Morgan fingerprint density at radius 2 is 1.85 bits per heavy atom. The summed E-state index contributed by atoms with van der Waals surface area (Å²) in [5.74, 6) is 0.400. The van der Waals surface area contributed by atoms with Gasteiger partial charge in [-0.3, -0.25) is 14.9 Å². The van der Waals surface area contributed by atoms with Crippen molar-refractivity contribution in [3.63, 3.8) is 0 Å². The molecule has 0 radical (unpaired) electrons. The largest absolute Gasteiger partial charge is 0.455 e. The van der Waals surface area contributed by atoms with E-state index in [1.807, 2.05) is 41.1 Å². The molecular weight excluding hydrogens is 748 g/mol. The molecule has 0 spiro atoms. The summed E-state index contributed by atoms with van der Waals surface area (Å²) in [4.78, 5) is 32.1. The number of amides is 1. The molecule has 15 nitrogen and oxygen atoms in total. The summed E-state index contributed by atoms with van der Waals surface area (Å²) in [7, 11) is -4.58. The summed E-state index contributed by atoms with van der Waals surface area (Å²) < 4.78 is 42.8. The first kappa shape index (κ1) is 36.0. The van der Waals surface area contributed by atoms with Crippen LogP contribution in [0.15, 0.2) is 96.2 Å². The van der Waals surface area contributed by atoms with Crippen molar-refractivity contribution in [2.75, 3.05) is 36.9 Å². The maximum atomic E-state index is 13.8. The minimum Gasteiger partial charge on any atom is -0.455 e. The quantitative estimate of drug-likeness (QED) is 0.0770. The van der Waals surface area contributed by atoms with Gasteiger partial charge in [-0.15, -0.1) is 0 Å².